The van der Waals surface area contributed by atoms with Gasteiger partial charge in [0, 0.05) is 37.0 Å². The molecule has 1 saturated heterocycles. The molecule has 4 aromatic rings. The Hall–Kier alpha value is -4.62. The maximum atomic E-state index is 13.6. The number of carbonyl (C=O) groups is 1. The Morgan fingerprint density at radius 1 is 1.00 bits per heavy atom. The standard InChI is InChI=1S/C39H40N2O13S2/c1-47-25-13-10-23(11-14-25)39-32(22-8-6-5-7-9-22)31(35(43)49-3)34(42)38(39,44)33-28(48-2)18-27(19-29(33)54-39)53-37-36(50-4)51-21-26(52-37)16-17-55-56-30-15-12-24(20-40-30)41(45)46/h5-15,18-20,26,31-32,34,36-37,42,44H,16-17,21H2,1-4H3/t26-,31+,32+,34+,36+,37-,38-,39-/m0/s1. The first kappa shape index (κ1) is 39.6. The molecule has 1 saturated carbocycles. The van der Waals surface area contributed by atoms with Gasteiger partial charge in [0.25, 0.3) is 12.0 Å². The number of hydrogen-bond donors (Lipinski definition) is 2. The molecular weight excluding hydrogens is 769 g/mol. The van der Waals surface area contributed by atoms with Gasteiger partial charge in [-0.15, -0.1) is 0 Å². The number of pyridine rings is 1. The third-order valence-corrected chi connectivity index (χ3v) is 12.6. The number of hydrogen-bond acceptors (Lipinski definition) is 16. The Morgan fingerprint density at radius 3 is 2.41 bits per heavy atom. The minimum absolute atomic E-state index is 0.0740. The molecule has 2 fully saturated rings. The van der Waals surface area contributed by atoms with Crippen LogP contribution in [-0.4, -0.2) is 91.7 Å². The van der Waals surface area contributed by atoms with Gasteiger partial charge in [0.1, 0.15) is 40.3 Å². The summed E-state index contributed by atoms with van der Waals surface area (Å²) in [5, 5.41) is 36.9. The average molecular weight is 809 g/mol. The highest BCUT2D eigenvalue weighted by atomic mass is 33.1. The molecule has 0 bridgehead atoms. The van der Waals surface area contributed by atoms with Crippen LogP contribution in [0.3, 0.4) is 0 Å². The molecule has 1 aromatic heterocycles. The van der Waals surface area contributed by atoms with E-state index in [1.54, 1.807) is 42.5 Å². The zero-order valence-electron chi connectivity index (χ0n) is 30.8. The van der Waals surface area contributed by atoms with Crippen molar-refractivity contribution in [3.8, 4) is 23.0 Å². The zero-order valence-corrected chi connectivity index (χ0v) is 32.4. The van der Waals surface area contributed by atoms with Gasteiger partial charge in [-0.1, -0.05) is 53.3 Å². The molecule has 15 nitrogen and oxygen atoms in total. The summed E-state index contributed by atoms with van der Waals surface area (Å²) in [6.45, 7) is 0.244. The van der Waals surface area contributed by atoms with Crippen LogP contribution in [0.25, 0.3) is 0 Å². The van der Waals surface area contributed by atoms with Crippen LogP contribution in [0.2, 0.25) is 0 Å². The van der Waals surface area contributed by atoms with Crippen molar-refractivity contribution in [2.45, 2.75) is 53.4 Å². The lowest BCUT2D eigenvalue weighted by Crippen LogP contribution is -2.52. The summed E-state index contributed by atoms with van der Waals surface area (Å²) in [6.07, 6.45) is -2.20. The van der Waals surface area contributed by atoms with Gasteiger partial charge in [-0.3, -0.25) is 14.9 Å². The van der Waals surface area contributed by atoms with E-state index in [1.807, 2.05) is 30.3 Å². The molecule has 0 unspecified atom stereocenters. The van der Waals surface area contributed by atoms with E-state index in [4.69, 9.17) is 37.9 Å². The summed E-state index contributed by atoms with van der Waals surface area (Å²) in [4.78, 5) is 28.1. The molecule has 56 heavy (non-hydrogen) atoms. The van der Waals surface area contributed by atoms with E-state index in [0.717, 1.165) is 0 Å². The van der Waals surface area contributed by atoms with Gasteiger partial charge in [0.05, 0.1) is 50.4 Å². The van der Waals surface area contributed by atoms with Gasteiger partial charge < -0.3 is 48.1 Å². The molecule has 8 atom stereocenters. The number of esters is 1. The second kappa shape index (κ2) is 16.5. The van der Waals surface area contributed by atoms with Crippen LogP contribution in [0, 0.1) is 16.0 Å². The SMILES string of the molecule is COC(=O)[C@H]1[C@@H](O)[C@@]2(O)c3c(OC)cc(O[C@@H]4O[C@@H](CCSSc5ccc([N+](=O)[O-])cn5)CO[C@H]4OC)cc3O[C@@]2(c2ccc(OC)cc2)[C@@H]1c1ccccc1. The van der Waals surface area contributed by atoms with Crippen molar-refractivity contribution in [3.63, 3.8) is 0 Å². The summed E-state index contributed by atoms with van der Waals surface area (Å²) in [7, 11) is 8.57. The first-order valence-electron chi connectivity index (χ1n) is 17.5. The van der Waals surface area contributed by atoms with Crippen molar-refractivity contribution in [1.29, 1.82) is 0 Å². The highest BCUT2D eigenvalue weighted by Gasteiger charge is 2.78. The Kier molecular flexibility index (Phi) is 11.6. The Bertz CT molecular complexity index is 2030. The molecule has 0 spiro atoms. The number of aliphatic hydroxyl groups excluding tert-OH is 1. The Morgan fingerprint density at radius 2 is 1.77 bits per heavy atom. The number of nitro groups is 1. The maximum Gasteiger partial charge on any atom is 0.312 e. The lowest BCUT2D eigenvalue weighted by molar-refractivity contribution is -0.385. The zero-order chi connectivity index (χ0) is 39.6. The molecule has 3 aliphatic rings. The van der Waals surface area contributed by atoms with Crippen LogP contribution >= 0.6 is 21.6 Å². The predicted molar refractivity (Wildman–Crippen MR) is 203 cm³/mol. The van der Waals surface area contributed by atoms with Crippen LogP contribution in [0.5, 0.6) is 23.0 Å². The molecule has 3 heterocycles. The molecule has 0 radical (unpaired) electrons. The topological polar surface area (TPSA) is 187 Å². The number of rotatable bonds is 14. The Balaban J connectivity index is 1.19. The number of aromatic nitrogens is 1. The highest BCUT2D eigenvalue weighted by Crippen LogP contribution is 2.70. The average Bonchev–Trinajstić information content (AvgIpc) is 3.60. The summed E-state index contributed by atoms with van der Waals surface area (Å²) >= 11 is 0. The monoisotopic (exact) mass is 808 g/mol. The van der Waals surface area contributed by atoms with E-state index in [9.17, 15) is 25.1 Å². The molecule has 2 aliphatic heterocycles. The van der Waals surface area contributed by atoms with E-state index in [-0.39, 0.29) is 41.2 Å². The number of nitrogens with zero attached hydrogens (tertiary/aromatic N) is 2. The van der Waals surface area contributed by atoms with Crippen LogP contribution in [0.15, 0.2) is 90.1 Å². The minimum Gasteiger partial charge on any atom is -0.497 e. The van der Waals surface area contributed by atoms with Crippen molar-refractivity contribution in [1.82, 2.24) is 4.98 Å². The van der Waals surface area contributed by atoms with Crippen LogP contribution in [0.1, 0.15) is 29.0 Å². The van der Waals surface area contributed by atoms with Crippen molar-refractivity contribution in [2.75, 3.05) is 40.8 Å². The first-order valence-corrected chi connectivity index (χ1v) is 19.9. The van der Waals surface area contributed by atoms with Crippen LogP contribution < -0.4 is 18.9 Å². The van der Waals surface area contributed by atoms with E-state index in [1.165, 1.54) is 62.3 Å². The number of ether oxygens (including phenoxy) is 8. The van der Waals surface area contributed by atoms with E-state index in [2.05, 4.69) is 4.98 Å². The highest BCUT2D eigenvalue weighted by molar-refractivity contribution is 8.76. The first-order chi connectivity index (χ1) is 27.1. The normalized spacial score (nSPS) is 27.8. The lowest BCUT2D eigenvalue weighted by atomic mass is 9.70. The number of benzene rings is 3. The predicted octanol–water partition coefficient (Wildman–Crippen LogP) is 5.35. The maximum absolute atomic E-state index is 13.6. The fourth-order valence-electron chi connectivity index (χ4n) is 7.78. The second-order valence-corrected chi connectivity index (χ2v) is 15.6. The van der Waals surface area contributed by atoms with Crippen molar-refractivity contribution in [3.05, 3.63) is 112 Å². The van der Waals surface area contributed by atoms with Gasteiger partial charge in [0.2, 0.25) is 6.29 Å². The third kappa shape index (κ3) is 6.90. The molecule has 7 rings (SSSR count). The summed E-state index contributed by atoms with van der Waals surface area (Å²) in [6, 6.07) is 22.1. The molecule has 3 aromatic carbocycles. The molecule has 0 amide bonds. The van der Waals surface area contributed by atoms with Gasteiger partial charge in [-0.25, -0.2) is 4.98 Å². The van der Waals surface area contributed by atoms with E-state index in [0.29, 0.717) is 34.1 Å². The number of aliphatic hydroxyl groups is 2. The minimum atomic E-state index is -2.25. The van der Waals surface area contributed by atoms with Gasteiger partial charge >= 0.3 is 5.97 Å². The molecule has 2 N–H and O–H groups in total. The molecular formula is C39H40N2O13S2. The van der Waals surface area contributed by atoms with Crippen LogP contribution in [0.4, 0.5) is 5.69 Å². The van der Waals surface area contributed by atoms with Crippen molar-refractivity contribution in [2.24, 2.45) is 5.92 Å². The smallest absolute Gasteiger partial charge is 0.312 e. The number of fused-ring (bicyclic) bond motifs is 3. The number of carbonyl (C=O) groups excluding carboxylic acids is 1. The van der Waals surface area contributed by atoms with Gasteiger partial charge in [0.15, 0.2) is 11.2 Å². The largest absolute Gasteiger partial charge is 0.497 e. The summed E-state index contributed by atoms with van der Waals surface area (Å²) in [5.41, 5.74) is -2.88. The quantitative estimate of drug-likeness (QED) is 0.0545. The second-order valence-electron chi connectivity index (χ2n) is 13.2. The van der Waals surface area contributed by atoms with Gasteiger partial charge in [-0.2, -0.15) is 0 Å². The Labute approximate surface area is 330 Å². The lowest BCUT2D eigenvalue weighted by Gasteiger charge is -2.40. The van der Waals surface area contributed by atoms with Crippen LogP contribution in [-0.2, 0) is 34.9 Å². The van der Waals surface area contributed by atoms with Crippen molar-refractivity contribution >= 4 is 33.2 Å². The molecule has 17 heteroatoms. The summed E-state index contributed by atoms with van der Waals surface area (Å²) in [5.74, 6) is -1.22. The van der Waals surface area contributed by atoms with Gasteiger partial charge in [-0.05, 0) is 46.5 Å². The van der Waals surface area contributed by atoms with E-state index < -0.39 is 52.6 Å². The molecule has 296 valence electrons. The third-order valence-electron chi connectivity index (χ3n) is 10.3. The fraction of sp³-hybridized carbons (Fsp3) is 0.385. The molecule has 1 aliphatic carbocycles. The fourth-order valence-corrected chi connectivity index (χ4v) is 9.76. The summed E-state index contributed by atoms with van der Waals surface area (Å²) < 4.78 is 47.6. The van der Waals surface area contributed by atoms with E-state index >= 15 is 0 Å². The number of methoxy groups -OCH3 is 4. The van der Waals surface area contributed by atoms with Crippen molar-refractivity contribution < 1.29 is 57.8 Å².